The Labute approximate surface area is 198 Å². The van der Waals surface area contributed by atoms with Crippen molar-refractivity contribution in [1.82, 2.24) is 0 Å². The third-order valence-electron chi connectivity index (χ3n) is 6.14. The molecule has 0 amide bonds. The Morgan fingerprint density at radius 2 is 0.781 bits per heavy atom. The highest BCUT2D eigenvalue weighted by Gasteiger charge is 2.23. The smallest absolute Gasteiger partial charge is 0.0381 e. The molecular weight excluding hydrogens is 388 g/mol. The van der Waals surface area contributed by atoms with Gasteiger partial charge < -0.3 is 10.6 Å². The van der Waals surface area contributed by atoms with Gasteiger partial charge in [-0.25, -0.2) is 0 Å². The van der Waals surface area contributed by atoms with Gasteiger partial charge in [-0.15, -0.1) is 0 Å². The van der Waals surface area contributed by atoms with Gasteiger partial charge in [0, 0.05) is 24.5 Å². The van der Waals surface area contributed by atoms with Crippen molar-refractivity contribution >= 4 is 11.4 Å². The van der Waals surface area contributed by atoms with Crippen molar-refractivity contribution in [1.29, 1.82) is 0 Å². The molecule has 0 saturated carbocycles. The van der Waals surface area contributed by atoms with E-state index in [4.69, 9.17) is 0 Å². The molecule has 2 N–H and O–H groups in total. The van der Waals surface area contributed by atoms with Crippen LogP contribution >= 0.6 is 0 Å². The van der Waals surface area contributed by atoms with Crippen LogP contribution in [0.25, 0.3) is 0 Å². The number of hydrogen-bond donors (Lipinski definition) is 2. The summed E-state index contributed by atoms with van der Waals surface area (Å²) in [4.78, 5) is 0. The Kier molecular flexibility index (Phi) is 7.49. The van der Waals surface area contributed by atoms with E-state index in [1.165, 1.54) is 33.6 Å². The van der Waals surface area contributed by atoms with Crippen LogP contribution in [0, 0.1) is 0 Å². The number of hydrogen-bond acceptors (Lipinski definition) is 2. The molecule has 0 bridgehead atoms. The van der Waals surface area contributed by atoms with Crippen molar-refractivity contribution in [3.05, 3.63) is 58.7 Å². The zero-order valence-corrected chi connectivity index (χ0v) is 22.9. The number of nitrogens with one attached hydrogen (secondary N) is 2. The summed E-state index contributed by atoms with van der Waals surface area (Å²) in [5.41, 5.74) is 8.48. The van der Waals surface area contributed by atoms with Gasteiger partial charge in [-0.1, -0.05) is 107 Å². The van der Waals surface area contributed by atoms with Gasteiger partial charge >= 0.3 is 0 Å². The van der Waals surface area contributed by atoms with Crippen LogP contribution in [0.3, 0.4) is 0 Å². The fourth-order valence-corrected chi connectivity index (χ4v) is 4.02. The van der Waals surface area contributed by atoms with Crippen LogP contribution in [0.2, 0.25) is 0 Å². The molecule has 2 aromatic carbocycles. The minimum atomic E-state index is 0.104. The molecule has 0 radical (unpaired) electrons. The van der Waals surface area contributed by atoms with Crippen molar-refractivity contribution in [2.75, 3.05) is 23.7 Å². The second-order valence-corrected chi connectivity index (χ2v) is 13.4. The summed E-state index contributed by atoms with van der Waals surface area (Å²) < 4.78 is 0. The summed E-state index contributed by atoms with van der Waals surface area (Å²) in [6.07, 6.45) is 0. The van der Waals surface area contributed by atoms with Crippen molar-refractivity contribution in [2.24, 2.45) is 0 Å². The predicted octanol–water partition coefficient (Wildman–Crippen LogP) is 8.40. The van der Waals surface area contributed by atoms with E-state index in [2.05, 4.69) is 130 Å². The molecule has 0 unspecified atom stereocenters. The summed E-state index contributed by atoms with van der Waals surface area (Å²) in [5.74, 6) is 0. The lowest BCUT2D eigenvalue weighted by Crippen LogP contribution is -2.22. The Morgan fingerprint density at radius 3 is 1.03 bits per heavy atom. The molecule has 2 rings (SSSR count). The molecule has 0 spiro atoms. The van der Waals surface area contributed by atoms with Gasteiger partial charge in [0.05, 0.1) is 0 Å². The topological polar surface area (TPSA) is 24.1 Å². The summed E-state index contributed by atoms with van der Waals surface area (Å²) >= 11 is 0. The quantitative estimate of drug-likeness (QED) is 0.460. The van der Waals surface area contributed by atoms with Gasteiger partial charge in [-0.05, 0) is 56.0 Å². The lowest BCUT2D eigenvalue weighted by atomic mass is 9.81. The molecular formula is C30H48N2. The van der Waals surface area contributed by atoms with E-state index in [9.17, 15) is 0 Å². The van der Waals surface area contributed by atoms with Gasteiger partial charge in [0.25, 0.3) is 0 Å². The fourth-order valence-electron chi connectivity index (χ4n) is 4.02. The normalized spacial score (nSPS) is 13.2. The summed E-state index contributed by atoms with van der Waals surface area (Å²) in [7, 11) is 0. The van der Waals surface area contributed by atoms with Gasteiger partial charge in [-0.3, -0.25) is 0 Å². The summed E-state index contributed by atoms with van der Waals surface area (Å²) in [6, 6.07) is 13.9. The lowest BCUT2D eigenvalue weighted by Gasteiger charge is -2.28. The molecule has 2 heteroatoms. The minimum absolute atomic E-state index is 0.104. The molecule has 0 heterocycles. The Bertz CT molecular complexity index is 832. The Balaban J connectivity index is 2.23. The van der Waals surface area contributed by atoms with Crippen molar-refractivity contribution in [2.45, 2.75) is 105 Å². The van der Waals surface area contributed by atoms with E-state index in [1.54, 1.807) is 0 Å². The SMILES string of the molecule is CC(C)(C)c1ccc(C(C)(C)C)c(NCCNc2cc(C(C)(C)C)ccc2C(C)(C)C)c1. The van der Waals surface area contributed by atoms with E-state index >= 15 is 0 Å². The molecule has 2 nitrogen and oxygen atoms in total. The largest absolute Gasteiger partial charge is 0.383 e. The second kappa shape index (κ2) is 9.12. The maximum Gasteiger partial charge on any atom is 0.0381 e. The van der Waals surface area contributed by atoms with E-state index in [0.29, 0.717) is 0 Å². The molecule has 178 valence electrons. The van der Waals surface area contributed by atoms with Crippen LogP contribution in [0.4, 0.5) is 11.4 Å². The van der Waals surface area contributed by atoms with E-state index < -0.39 is 0 Å². The monoisotopic (exact) mass is 436 g/mol. The van der Waals surface area contributed by atoms with Gasteiger partial charge in [-0.2, -0.15) is 0 Å². The lowest BCUT2D eigenvalue weighted by molar-refractivity contribution is 0.577. The van der Waals surface area contributed by atoms with E-state index in [0.717, 1.165) is 13.1 Å². The van der Waals surface area contributed by atoms with Gasteiger partial charge in [0.15, 0.2) is 0 Å². The molecule has 0 aromatic heterocycles. The van der Waals surface area contributed by atoms with Crippen LogP contribution in [0.1, 0.15) is 105 Å². The molecule has 0 saturated heterocycles. The van der Waals surface area contributed by atoms with Crippen molar-refractivity contribution in [3.63, 3.8) is 0 Å². The van der Waals surface area contributed by atoms with Crippen LogP contribution < -0.4 is 10.6 Å². The third kappa shape index (κ3) is 6.77. The molecule has 0 aliphatic carbocycles. The third-order valence-corrected chi connectivity index (χ3v) is 6.14. The van der Waals surface area contributed by atoms with Crippen molar-refractivity contribution < 1.29 is 0 Å². The first-order valence-electron chi connectivity index (χ1n) is 12.2. The van der Waals surface area contributed by atoms with E-state index in [-0.39, 0.29) is 21.7 Å². The first-order valence-corrected chi connectivity index (χ1v) is 12.2. The van der Waals surface area contributed by atoms with Gasteiger partial charge in [0.1, 0.15) is 0 Å². The zero-order valence-electron chi connectivity index (χ0n) is 22.9. The molecule has 32 heavy (non-hydrogen) atoms. The first-order chi connectivity index (χ1) is 14.4. The standard InChI is InChI=1S/C30H48N2/c1-27(2,3)21-13-15-23(29(7,8)9)25(19-21)31-17-18-32-26-20-22(28(4,5)6)14-16-24(26)30(10,11)12/h13-16,19-20,31-32H,17-18H2,1-12H3. The number of rotatable bonds is 5. The maximum absolute atomic E-state index is 3.74. The van der Waals surface area contributed by atoms with E-state index in [1.807, 2.05) is 0 Å². The van der Waals surface area contributed by atoms with Crippen LogP contribution in [-0.4, -0.2) is 13.1 Å². The predicted molar refractivity (Wildman–Crippen MR) is 145 cm³/mol. The van der Waals surface area contributed by atoms with Crippen molar-refractivity contribution in [3.8, 4) is 0 Å². The highest BCUT2D eigenvalue weighted by atomic mass is 15.0. The molecule has 2 aromatic rings. The molecule has 0 fully saturated rings. The highest BCUT2D eigenvalue weighted by molar-refractivity contribution is 5.59. The second-order valence-electron chi connectivity index (χ2n) is 13.4. The Morgan fingerprint density at radius 1 is 0.469 bits per heavy atom. The zero-order chi connectivity index (χ0) is 24.5. The molecule has 0 atom stereocenters. The van der Waals surface area contributed by atoms with Crippen LogP contribution in [-0.2, 0) is 21.7 Å². The van der Waals surface area contributed by atoms with Crippen LogP contribution in [0.15, 0.2) is 36.4 Å². The number of anilines is 2. The molecule has 0 aliphatic rings. The minimum Gasteiger partial charge on any atom is -0.383 e. The Hall–Kier alpha value is -1.96. The average Bonchev–Trinajstić information content (AvgIpc) is 2.61. The molecule has 0 aliphatic heterocycles. The van der Waals surface area contributed by atoms with Gasteiger partial charge in [0.2, 0.25) is 0 Å². The summed E-state index contributed by atoms with van der Waals surface area (Å²) in [5, 5.41) is 7.49. The first kappa shape index (κ1) is 26.3. The van der Waals surface area contributed by atoms with Crippen LogP contribution in [0.5, 0.6) is 0 Å². The maximum atomic E-state index is 3.74. The fraction of sp³-hybridized carbons (Fsp3) is 0.600. The summed E-state index contributed by atoms with van der Waals surface area (Å²) in [6.45, 7) is 29.1. The number of benzene rings is 2. The highest BCUT2D eigenvalue weighted by Crippen LogP contribution is 2.35. The average molecular weight is 437 g/mol.